The van der Waals surface area contributed by atoms with Crippen LogP contribution in [0.5, 0.6) is 0 Å². The van der Waals surface area contributed by atoms with E-state index < -0.39 is 0 Å². The van der Waals surface area contributed by atoms with E-state index in [4.69, 9.17) is 4.74 Å². The molecule has 1 aliphatic heterocycles. The smallest absolute Gasteiger partial charge is 0.124 e. The van der Waals surface area contributed by atoms with Crippen LogP contribution in [-0.2, 0) is 4.74 Å². The first-order valence-electron chi connectivity index (χ1n) is 6.57. The minimum absolute atomic E-state index is 0.210. The highest BCUT2D eigenvalue weighted by Crippen LogP contribution is 2.29. The molecule has 0 aliphatic carbocycles. The summed E-state index contributed by atoms with van der Waals surface area (Å²) in [5.41, 5.74) is 1.12. The average Bonchev–Trinajstić information content (AvgIpc) is 2.39. The highest BCUT2D eigenvalue weighted by molar-refractivity contribution is 9.10. The van der Waals surface area contributed by atoms with E-state index in [1.807, 2.05) is 13.1 Å². The number of benzene rings is 1. The number of halogens is 2. The second kappa shape index (κ2) is 6.79. The van der Waals surface area contributed by atoms with Gasteiger partial charge in [-0.2, -0.15) is 0 Å². The molecule has 3 nitrogen and oxygen atoms in total. The molecule has 106 valence electrons. The summed E-state index contributed by atoms with van der Waals surface area (Å²) in [6, 6.07) is 5.14. The van der Waals surface area contributed by atoms with Gasteiger partial charge in [0.15, 0.2) is 0 Å². The molecule has 0 spiro atoms. The molecule has 1 aromatic carbocycles. The van der Waals surface area contributed by atoms with Crippen molar-refractivity contribution in [2.75, 3.05) is 33.3 Å². The van der Waals surface area contributed by atoms with Crippen molar-refractivity contribution in [2.45, 2.75) is 19.1 Å². The molecule has 0 saturated carbocycles. The monoisotopic (exact) mass is 330 g/mol. The van der Waals surface area contributed by atoms with Crippen molar-refractivity contribution >= 4 is 15.9 Å². The summed E-state index contributed by atoms with van der Waals surface area (Å²) >= 11 is 3.45. The molecule has 1 heterocycles. The second-order valence-corrected chi connectivity index (χ2v) is 5.74. The van der Waals surface area contributed by atoms with Gasteiger partial charge in [0.2, 0.25) is 0 Å². The third-order valence-corrected chi connectivity index (χ3v) is 4.25. The van der Waals surface area contributed by atoms with Crippen molar-refractivity contribution in [3.05, 3.63) is 34.1 Å². The van der Waals surface area contributed by atoms with Crippen LogP contribution in [0.2, 0.25) is 0 Å². The fraction of sp³-hybridized carbons (Fsp3) is 0.571. The van der Waals surface area contributed by atoms with Crippen molar-refractivity contribution in [3.8, 4) is 0 Å². The van der Waals surface area contributed by atoms with Gasteiger partial charge >= 0.3 is 0 Å². The Morgan fingerprint density at radius 3 is 3.05 bits per heavy atom. The number of morpholine rings is 1. The van der Waals surface area contributed by atoms with E-state index in [-0.39, 0.29) is 18.0 Å². The zero-order valence-electron chi connectivity index (χ0n) is 11.3. The molecule has 2 rings (SSSR count). The first kappa shape index (κ1) is 14.9. The average molecular weight is 331 g/mol. The van der Waals surface area contributed by atoms with Gasteiger partial charge < -0.3 is 10.1 Å². The number of nitrogens with one attached hydrogen (secondary N) is 1. The van der Waals surface area contributed by atoms with Crippen LogP contribution in [0, 0.1) is 5.82 Å². The van der Waals surface area contributed by atoms with E-state index in [2.05, 4.69) is 33.1 Å². The van der Waals surface area contributed by atoms with Gasteiger partial charge in [0.25, 0.3) is 0 Å². The Morgan fingerprint density at radius 1 is 1.58 bits per heavy atom. The molecule has 1 fully saturated rings. The van der Waals surface area contributed by atoms with Crippen LogP contribution in [0.3, 0.4) is 0 Å². The second-order valence-electron chi connectivity index (χ2n) is 4.89. The van der Waals surface area contributed by atoms with Crippen LogP contribution < -0.4 is 5.32 Å². The SMILES string of the molecule is CNCC1CN(C(C)c2ccc(F)cc2Br)CCO1. The summed E-state index contributed by atoms with van der Waals surface area (Å²) in [4.78, 5) is 2.38. The molecule has 2 atom stereocenters. The number of hydrogen-bond acceptors (Lipinski definition) is 3. The molecular weight excluding hydrogens is 311 g/mol. The third kappa shape index (κ3) is 3.75. The Hall–Kier alpha value is -0.490. The summed E-state index contributed by atoms with van der Waals surface area (Å²) in [6.45, 7) is 5.56. The molecular formula is C14H20BrFN2O. The van der Waals surface area contributed by atoms with Crippen LogP contribution in [0.25, 0.3) is 0 Å². The number of likely N-dealkylation sites (N-methyl/N-ethyl adjacent to an activating group) is 1. The van der Waals surface area contributed by atoms with Crippen LogP contribution in [0.1, 0.15) is 18.5 Å². The van der Waals surface area contributed by atoms with Gasteiger partial charge in [0.1, 0.15) is 5.82 Å². The lowest BCUT2D eigenvalue weighted by Gasteiger charge is -2.37. The highest BCUT2D eigenvalue weighted by atomic mass is 79.9. The molecule has 2 unspecified atom stereocenters. The lowest BCUT2D eigenvalue weighted by atomic mass is 10.1. The van der Waals surface area contributed by atoms with Gasteiger partial charge in [-0.05, 0) is 31.7 Å². The predicted octanol–water partition coefficient (Wildman–Crippen LogP) is 2.57. The van der Waals surface area contributed by atoms with Crippen LogP contribution in [0.15, 0.2) is 22.7 Å². The molecule has 1 N–H and O–H groups in total. The summed E-state index contributed by atoms with van der Waals surface area (Å²) in [7, 11) is 1.93. The maximum absolute atomic E-state index is 13.1. The summed E-state index contributed by atoms with van der Waals surface area (Å²) in [5, 5.41) is 3.14. The fourth-order valence-corrected chi connectivity index (χ4v) is 3.16. The Morgan fingerprint density at radius 2 is 2.37 bits per heavy atom. The molecule has 1 aromatic rings. The lowest BCUT2D eigenvalue weighted by Crippen LogP contribution is -2.47. The molecule has 0 radical (unpaired) electrons. The van der Waals surface area contributed by atoms with Crippen LogP contribution in [0.4, 0.5) is 4.39 Å². The number of ether oxygens (including phenoxy) is 1. The molecule has 1 saturated heterocycles. The molecule has 19 heavy (non-hydrogen) atoms. The Kier molecular flexibility index (Phi) is 5.33. The Balaban J connectivity index is 2.07. The largest absolute Gasteiger partial charge is 0.374 e. The zero-order valence-corrected chi connectivity index (χ0v) is 12.9. The van der Waals surface area contributed by atoms with E-state index in [9.17, 15) is 4.39 Å². The molecule has 0 amide bonds. The van der Waals surface area contributed by atoms with Gasteiger partial charge in [0, 0.05) is 30.1 Å². The van der Waals surface area contributed by atoms with Crippen molar-refractivity contribution in [3.63, 3.8) is 0 Å². The number of hydrogen-bond donors (Lipinski definition) is 1. The summed E-state index contributed by atoms with van der Waals surface area (Å²) in [5.74, 6) is -0.210. The van der Waals surface area contributed by atoms with Gasteiger partial charge in [-0.25, -0.2) is 4.39 Å². The Bertz CT molecular complexity index is 428. The van der Waals surface area contributed by atoms with Gasteiger partial charge in [-0.15, -0.1) is 0 Å². The summed E-state index contributed by atoms with van der Waals surface area (Å²) < 4.78 is 19.7. The maximum Gasteiger partial charge on any atom is 0.124 e. The number of nitrogens with zero attached hydrogens (tertiary/aromatic N) is 1. The minimum Gasteiger partial charge on any atom is -0.374 e. The van der Waals surface area contributed by atoms with Crippen molar-refractivity contribution in [2.24, 2.45) is 0 Å². The molecule has 0 aromatic heterocycles. The molecule has 1 aliphatic rings. The zero-order chi connectivity index (χ0) is 13.8. The molecule has 5 heteroatoms. The predicted molar refractivity (Wildman–Crippen MR) is 77.8 cm³/mol. The van der Waals surface area contributed by atoms with E-state index in [0.29, 0.717) is 0 Å². The van der Waals surface area contributed by atoms with Gasteiger partial charge in [0.05, 0.1) is 12.7 Å². The van der Waals surface area contributed by atoms with Crippen LogP contribution in [-0.4, -0.2) is 44.3 Å². The van der Waals surface area contributed by atoms with E-state index in [0.717, 1.165) is 36.3 Å². The van der Waals surface area contributed by atoms with Crippen LogP contribution >= 0.6 is 15.9 Å². The van der Waals surface area contributed by atoms with Crippen molar-refractivity contribution in [1.82, 2.24) is 10.2 Å². The Labute approximate surface area is 122 Å². The highest BCUT2D eigenvalue weighted by Gasteiger charge is 2.25. The first-order valence-corrected chi connectivity index (χ1v) is 7.36. The van der Waals surface area contributed by atoms with Gasteiger partial charge in [-0.3, -0.25) is 4.90 Å². The third-order valence-electron chi connectivity index (χ3n) is 3.56. The lowest BCUT2D eigenvalue weighted by molar-refractivity contribution is -0.0394. The molecule has 0 bridgehead atoms. The summed E-state index contributed by atoms with van der Waals surface area (Å²) in [6.07, 6.45) is 0.223. The number of rotatable bonds is 4. The van der Waals surface area contributed by atoms with Gasteiger partial charge in [-0.1, -0.05) is 22.0 Å². The first-order chi connectivity index (χ1) is 9.11. The quantitative estimate of drug-likeness (QED) is 0.918. The maximum atomic E-state index is 13.1. The minimum atomic E-state index is -0.210. The van der Waals surface area contributed by atoms with E-state index >= 15 is 0 Å². The standard InChI is InChI=1S/C14H20BrFN2O/c1-10(13-4-3-11(16)7-14(13)15)18-5-6-19-12(9-18)8-17-2/h3-4,7,10,12,17H,5-6,8-9H2,1-2H3. The van der Waals surface area contributed by atoms with E-state index in [1.165, 1.54) is 12.1 Å². The van der Waals surface area contributed by atoms with Crippen molar-refractivity contribution < 1.29 is 9.13 Å². The fourth-order valence-electron chi connectivity index (χ4n) is 2.48. The van der Waals surface area contributed by atoms with Crippen molar-refractivity contribution in [1.29, 1.82) is 0 Å². The topological polar surface area (TPSA) is 24.5 Å². The van der Waals surface area contributed by atoms with E-state index in [1.54, 1.807) is 0 Å². The normalized spacial score (nSPS) is 22.4.